The minimum Gasteiger partial charge on any atom is -0.461 e. The van der Waals surface area contributed by atoms with Crippen LogP contribution in [0.4, 0.5) is 24.5 Å². The number of benzene rings is 2. The van der Waals surface area contributed by atoms with Crippen LogP contribution in [0, 0.1) is 0 Å². The van der Waals surface area contributed by atoms with E-state index in [-0.39, 0.29) is 23.1 Å². The summed E-state index contributed by atoms with van der Waals surface area (Å²) in [5.74, 6) is -0.567. The van der Waals surface area contributed by atoms with E-state index >= 15 is 0 Å². The largest absolute Gasteiger partial charge is 0.461 e. The molecule has 3 N–H and O–H groups in total. The number of aromatic nitrogens is 1. The molecule has 0 spiro atoms. The Balaban J connectivity index is 1.87. The highest BCUT2D eigenvalue weighted by Gasteiger charge is 2.30. The summed E-state index contributed by atoms with van der Waals surface area (Å²) in [6.07, 6.45) is -4.46. The normalized spacial score (nSPS) is 11.3. The highest BCUT2D eigenvalue weighted by molar-refractivity contribution is 7.80. The van der Waals surface area contributed by atoms with E-state index in [9.17, 15) is 18.0 Å². The van der Waals surface area contributed by atoms with Crippen LogP contribution in [-0.2, 0) is 10.9 Å². The van der Waals surface area contributed by atoms with Crippen LogP contribution in [0.3, 0.4) is 0 Å². The molecular weight excluding hydrogens is 391 g/mol. The van der Waals surface area contributed by atoms with Crippen LogP contribution in [0.25, 0.3) is 10.9 Å². The second-order valence-corrected chi connectivity index (χ2v) is 6.21. The second-order valence-electron chi connectivity index (χ2n) is 5.80. The number of hydrogen-bond donors (Lipinski definition) is 3. The highest BCUT2D eigenvalue weighted by atomic mass is 32.1. The van der Waals surface area contributed by atoms with Crippen molar-refractivity contribution in [3.63, 3.8) is 0 Å². The summed E-state index contributed by atoms with van der Waals surface area (Å²) in [6.45, 7) is 1.88. The summed E-state index contributed by atoms with van der Waals surface area (Å²) in [7, 11) is 0. The molecule has 0 fully saturated rings. The summed E-state index contributed by atoms with van der Waals surface area (Å²) in [5.41, 5.74) is 0.633. The fourth-order valence-corrected chi connectivity index (χ4v) is 2.90. The van der Waals surface area contributed by atoms with Gasteiger partial charge in [-0.1, -0.05) is 24.3 Å². The van der Waals surface area contributed by atoms with Gasteiger partial charge in [-0.2, -0.15) is 13.2 Å². The topological polar surface area (TPSA) is 66.2 Å². The number of esters is 1. The van der Waals surface area contributed by atoms with Gasteiger partial charge in [0.1, 0.15) is 5.69 Å². The molecule has 3 aromatic rings. The fraction of sp³-hybridized carbons (Fsp3) is 0.158. The number of hydrogen-bond acceptors (Lipinski definition) is 3. The van der Waals surface area contributed by atoms with E-state index in [4.69, 9.17) is 17.0 Å². The molecule has 0 aliphatic rings. The summed E-state index contributed by atoms with van der Waals surface area (Å²) in [5, 5.41) is 6.33. The van der Waals surface area contributed by atoms with E-state index in [1.165, 1.54) is 12.1 Å². The summed E-state index contributed by atoms with van der Waals surface area (Å²) >= 11 is 5.23. The van der Waals surface area contributed by atoms with Crippen LogP contribution in [-0.4, -0.2) is 22.7 Å². The van der Waals surface area contributed by atoms with Gasteiger partial charge in [-0.05, 0) is 43.4 Å². The molecule has 9 heteroatoms. The van der Waals surface area contributed by atoms with Crippen LogP contribution in [0.5, 0.6) is 0 Å². The van der Waals surface area contributed by atoms with Gasteiger partial charge in [-0.25, -0.2) is 4.79 Å². The number of carbonyl (C=O) groups is 1. The van der Waals surface area contributed by atoms with E-state index in [0.717, 1.165) is 12.1 Å². The van der Waals surface area contributed by atoms with Gasteiger partial charge in [0.05, 0.1) is 17.9 Å². The molecule has 0 amide bonds. The van der Waals surface area contributed by atoms with Gasteiger partial charge in [0.15, 0.2) is 5.11 Å². The Hall–Kier alpha value is -3.07. The molecule has 1 heterocycles. The molecule has 0 aliphatic carbocycles. The maximum Gasteiger partial charge on any atom is 0.416 e. The number of carbonyl (C=O) groups excluding carboxylic acids is 1. The van der Waals surface area contributed by atoms with E-state index in [1.54, 1.807) is 31.2 Å². The zero-order chi connectivity index (χ0) is 20.3. The van der Waals surface area contributed by atoms with Crippen molar-refractivity contribution >= 4 is 45.6 Å². The zero-order valence-corrected chi connectivity index (χ0v) is 15.5. The molecular formula is C19H16F3N3O2S. The van der Waals surface area contributed by atoms with Gasteiger partial charge in [-0.3, -0.25) is 0 Å². The van der Waals surface area contributed by atoms with Gasteiger partial charge >= 0.3 is 12.1 Å². The lowest BCUT2D eigenvalue weighted by Gasteiger charge is -2.13. The number of H-pyrrole nitrogens is 1. The molecule has 0 bridgehead atoms. The Morgan fingerprint density at radius 3 is 2.61 bits per heavy atom. The molecule has 0 radical (unpaired) electrons. The zero-order valence-electron chi connectivity index (χ0n) is 14.7. The number of rotatable bonds is 4. The SMILES string of the molecule is CCOC(=O)c1[nH]c2ccccc2c1NC(=S)Nc1cccc(C(F)(F)F)c1. The smallest absolute Gasteiger partial charge is 0.416 e. The van der Waals surface area contributed by atoms with Crippen molar-refractivity contribution < 1.29 is 22.7 Å². The number of alkyl halides is 3. The molecule has 0 saturated heterocycles. The first kappa shape index (κ1) is 19.7. The number of anilines is 2. The van der Waals surface area contributed by atoms with Crippen molar-refractivity contribution in [1.29, 1.82) is 0 Å². The van der Waals surface area contributed by atoms with Gasteiger partial charge in [0.25, 0.3) is 0 Å². The van der Waals surface area contributed by atoms with E-state index in [1.807, 2.05) is 0 Å². The second kappa shape index (κ2) is 7.89. The van der Waals surface area contributed by atoms with Crippen LogP contribution >= 0.6 is 12.2 Å². The summed E-state index contributed by atoms with van der Waals surface area (Å²) < 4.78 is 43.7. The van der Waals surface area contributed by atoms with Crippen molar-refractivity contribution in [2.45, 2.75) is 13.1 Å². The summed E-state index contributed by atoms with van der Waals surface area (Å²) in [4.78, 5) is 15.2. The minimum atomic E-state index is -4.46. The number of nitrogens with one attached hydrogen (secondary N) is 3. The number of ether oxygens (including phenoxy) is 1. The molecule has 2 aromatic carbocycles. The Labute approximate surface area is 163 Å². The molecule has 3 rings (SSSR count). The van der Waals surface area contributed by atoms with Crippen LogP contribution in [0.1, 0.15) is 23.0 Å². The third-order valence-electron chi connectivity index (χ3n) is 3.87. The first-order chi connectivity index (χ1) is 13.3. The van der Waals surface area contributed by atoms with Crippen molar-refractivity contribution in [2.24, 2.45) is 0 Å². The maximum absolute atomic E-state index is 12.9. The fourth-order valence-electron chi connectivity index (χ4n) is 2.68. The molecule has 0 unspecified atom stereocenters. The minimum absolute atomic E-state index is 0.0367. The highest BCUT2D eigenvalue weighted by Crippen LogP contribution is 2.31. The summed E-state index contributed by atoms with van der Waals surface area (Å²) in [6, 6.07) is 11.8. The van der Waals surface area contributed by atoms with Crippen molar-refractivity contribution in [3.05, 3.63) is 59.8 Å². The molecule has 28 heavy (non-hydrogen) atoms. The first-order valence-corrected chi connectivity index (χ1v) is 8.73. The lowest BCUT2D eigenvalue weighted by atomic mass is 10.2. The predicted octanol–water partition coefficient (Wildman–Crippen LogP) is 5.17. The average Bonchev–Trinajstić information content (AvgIpc) is 3.00. The number of aromatic amines is 1. The monoisotopic (exact) mass is 407 g/mol. The van der Waals surface area contributed by atoms with E-state index in [2.05, 4.69) is 15.6 Å². The predicted molar refractivity (Wildman–Crippen MR) is 106 cm³/mol. The maximum atomic E-state index is 12.9. The lowest BCUT2D eigenvalue weighted by molar-refractivity contribution is -0.137. The van der Waals surface area contributed by atoms with Gasteiger partial charge < -0.3 is 20.4 Å². The molecule has 0 aliphatic heterocycles. The first-order valence-electron chi connectivity index (χ1n) is 8.32. The Kier molecular flexibility index (Phi) is 5.55. The third kappa shape index (κ3) is 4.25. The number of fused-ring (bicyclic) bond motifs is 1. The standard InChI is InChI=1S/C19H16F3N3O2S/c1-2-27-17(26)16-15(13-8-3-4-9-14(13)24-16)25-18(28)23-12-7-5-6-11(10-12)19(20,21)22/h3-10,24H,2H2,1H3,(H2,23,25,28). The molecule has 5 nitrogen and oxygen atoms in total. The van der Waals surface area contributed by atoms with Crippen LogP contribution in [0.15, 0.2) is 48.5 Å². The van der Waals surface area contributed by atoms with Crippen molar-refractivity contribution in [2.75, 3.05) is 17.2 Å². The van der Waals surface area contributed by atoms with Gasteiger partial charge in [0, 0.05) is 16.6 Å². The van der Waals surface area contributed by atoms with Crippen molar-refractivity contribution in [1.82, 2.24) is 4.98 Å². The number of halogens is 3. The van der Waals surface area contributed by atoms with Crippen LogP contribution in [0.2, 0.25) is 0 Å². The van der Waals surface area contributed by atoms with E-state index in [0.29, 0.717) is 16.6 Å². The molecule has 0 saturated carbocycles. The van der Waals surface area contributed by atoms with E-state index < -0.39 is 17.7 Å². The number of para-hydroxylation sites is 1. The van der Waals surface area contributed by atoms with Crippen LogP contribution < -0.4 is 10.6 Å². The quantitative estimate of drug-likeness (QED) is 0.411. The van der Waals surface area contributed by atoms with Crippen molar-refractivity contribution in [3.8, 4) is 0 Å². The van der Waals surface area contributed by atoms with Gasteiger partial charge in [0.2, 0.25) is 0 Å². The third-order valence-corrected chi connectivity index (χ3v) is 4.08. The number of thiocarbonyl (C=S) groups is 1. The Morgan fingerprint density at radius 1 is 1.14 bits per heavy atom. The van der Waals surface area contributed by atoms with Gasteiger partial charge in [-0.15, -0.1) is 0 Å². The lowest BCUT2D eigenvalue weighted by Crippen LogP contribution is -2.21. The molecule has 146 valence electrons. The Morgan fingerprint density at radius 2 is 1.89 bits per heavy atom. The molecule has 1 aromatic heterocycles. The average molecular weight is 407 g/mol. The molecule has 0 atom stereocenters. The Bertz CT molecular complexity index is 1030.